The molecule has 0 aromatic heterocycles. The summed E-state index contributed by atoms with van der Waals surface area (Å²) in [5.41, 5.74) is -0.262. The lowest BCUT2D eigenvalue weighted by Gasteiger charge is -2.29. The number of benzene rings is 1. The maximum absolute atomic E-state index is 12.1. The van der Waals surface area contributed by atoms with E-state index in [1.54, 1.807) is 18.2 Å². The summed E-state index contributed by atoms with van der Waals surface area (Å²) >= 11 is 17.9. The summed E-state index contributed by atoms with van der Waals surface area (Å²) in [6, 6.07) is 4.94. The standard InChI is InChI=1S/C12H14Cl3NO/c1-7(13)12(2,3)16-11(17)10-8(14)5-4-6-9(10)15/h4-7H,1-3H3,(H,16,17). The van der Waals surface area contributed by atoms with E-state index in [1.807, 2.05) is 20.8 Å². The summed E-state index contributed by atoms with van der Waals surface area (Å²) in [6.07, 6.45) is 0. The van der Waals surface area contributed by atoms with E-state index in [-0.39, 0.29) is 16.8 Å². The second-order valence-corrected chi connectivity index (χ2v) is 5.86. The van der Waals surface area contributed by atoms with Gasteiger partial charge in [-0.05, 0) is 32.9 Å². The van der Waals surface area contributed by atoms with Crippen molar-refractivity contribution < 1.29 is 4.79 Å². The largest absolute Gasteiger partial charge is 0.346 e. The van der Waals surface area contributed by atoms with E-state index in [1.165, 1.54) is 0 Å². The van der Waals surface area contributed by atoms with Crippen molar-refractivity contribution in [2.75, 3.05) is 0 Å². The second-order valence-electron chi connectivity index (χ2n) is 4.39. The molecule has 0 saturated carbocycles. The molecule has 0 aliphatic carbocycles. The van der Waals surface area contributed by atoms with E-state index in [2.05, 4.69) is 5.32 Å². The van der Waals surface area contributed by atoms with Crippen molar-refractivity contribution in [2.45, 2.75) is 31.7 Å². The maximum atomic E-state index is 12.1. The van der Waals surface area contributed by atoms with Crippen LogP contribution in [0.3, 0.4) is 0 Å². The van der Waals surface area contributed by atoms with Crippen molar-refractivity contribution in [3.05, 3.63) is 33.8 Å². The molecule has 0 aliphatic heterocycles. The minimum atomic E-state index is -0.541. The van der Waals surface area contributed by atoms with Crippen LogP contribution in [0.4, 0.5) is 0 Å². The normalized spacial score (nSPS) is 13.3. The van der Waals surface area contributed by atoms with Gasteiger partial charge < -0.3 is 5.32 Å². The molecule has 2 nitrogen and oxygen atoms in total. The first-order valence-corrected chi connectivity index (χ1v) is 6.35. The molecular weight excluding hydrogens is 280 g/mol. The van der Waals surface area contributed by atoms with Crippen LogP contribution in [0.2, 0.25) is 10.0 Å². The third kappa shape index (κ3) is 3.51. The van der Waals surface area contributed by atoms with Gasteiger partial charge in [-0.3, -0.25) is 4.79 Å². The van der Waals surface area contributed by atoms with Crippen molar-refractivity contribution in [1.29, 1.82) is 0 Å². The predicted molar refractivity (Wildman–Crippen MR) is 73.3 cm³/mol. The molecule has 0 radical (unpaired) electrons. The zero-order chi connectivity index (χ0) is 13.2. The highest BCUT2D eigenvalue weighted by atomic mass is 35.5. The SMILES string of the molecule is CC(Cl)C(C)(C)NC(=O)c1c(Cl)cccc1Cl. The first-order valence-electron chi connectivity index (χ1n) is 5.16. The molecule has 1 rings (SSSR count). The Balaban J connectivity index is 2.99. The molecular formula is C12H14Cl3NO. The fourth-order valence-corrected chi connectivity index (χ4v) is 1.79. The third-order valence-corrected chi connectivity index (χ3v) is 3.80. The van der Waals surface area contributed by atoms with Gasteiger partial charge in [0.1, 0.15) is 0 Å². The van der Waals surface area contributed by atoms with Crippen molar-refractivity contribution in [3.63, 3.8) is 0 Å². The highest BCUT2D eigenvalue weighted by molar-refractivity contribution is 6.39. The van der Waals surface area contributed by atoms with Gasteiger partial charge in [0.15, 0.2) is 0 Å². The number of carbonyl (C=O) groups is 1. The van der Waals surface area contributed by atoms with Gasteiger partial charge in [0, 0.05) is 0 Å². The summed E-state index contributed by atoms with van der Waals surface area (Å²) in [5.74, 6) is -0.321. The second kappa shape index (κ2) is 5.47. The van der Waals surface area contributed by atoms with Crippen molar-refractivity contribution >= 4 is 40.7 Å². The smallest absolute Gasteiger partial charge is 0.254 e. The van der Waals surface area contributed by atoms with Gasteiger partial charge in [-0.25, -0.2) is 0 Å². The summed E-state index contributed by atoms with van der Waals surface area (Å²) in [4.78, 5) is 12.1. The molecule has 0 saturated heterocycles. The van der Waals surface area contributed by atoms with Gasteiger partial charge in [-0.15, -0.1) is 11.6 Å². The van der Waals surface area contributed by atoms with E-state index in [0.717, 1.165) is 0 Å². The zero-order valence-electron chi connectivity index (χ0n) is 9.85. The quantitative estimate of drug-likeness (QED) is 0.835. The van der Waals surface area contributed by atoms with Crippen molar-refractivity contribution in [2.24, 2.45) is 0 Å². The molecule has 1 N–H and O–H groups in total. The third-order valence-electron chi connectivity index (χ3n) is 2.62. The maximum Gasteiger partial charge on any atom is 0.254 e. The van der Waals surface area contributed by atoms with Gasteiger partial charge >= 0.3 is 0 Å². The fraction of sp³-hybridized carbons (Fsp3) is 0.417. The number of hydrogen-bond acceptors (Lipinski definition) is 1. The molecule has 1 aromatic carbocycles. The molecule has 17 heavy (non-hydrogen) atoms. The number of nitrogens with one attached hydrogen (secondary N) is 1. The molecule has 0 bridgehead atoms. The summed E-state index contributed by atoms with van der Waals surface area (Å²) in [7, 11) is 0. The van der Waals surface area contributed by atoms with Gasteiger partial charge in [0.05, 0.1) is 26.5 Å². The first-order chi connectivity index (χ1) is 7.75. The Morgan fingerprint density at radius 1 is 1.29 bits per heavy atom. The molecule has 0 heterocycles. The highest BCUT2D eigenvalue weighted by Gasteiger charge is 2.28. The zero-order valence-corrected chi connectivity index (χ0v) is 12.1. The summed E-state index contributed by atoms with van der Waals surface area (Å²) in [6.45, 7) is 5.50. The Morgan fingerprint density at radius 3 is 2.18 bits per heavy atom. The Morgan fingerprint density at radius 2 is 1.76 bits per heavy atom. The minimum Gasteiger partial charge on any atom is -0.346 e. The van der Waals surface area contributed by atoms with Crippen LogP contribution in [0.25, 0.3) is 0 Å². The number of halogens is 3. The van der Waals surface area contributed by atoms with Crippen LogP contribution >= 0.6 is 34.8 Å². The molecule has 0 aliphatic rings. The molecule has 0 fully saturated rings. The van der Waals surface area contributed by atoms with Crippen LogP contribution in [-0.2, 0) is 0 Å². The van der Waals surface area contributed by atoms with Crippen molar-refractivity contribution in [3.8, 4) is 0 Å². The number of carbonyl (C=O) groups excluding carboxylic acids is 1. The Labute approximate surface area is 116 Å². The number of rotatable bonds is 3. The molecule has 1 amide bonds. The summed E-state index contributed by atoms with van der Waals surface area (Å²) < 4.78 is 0. The average Bonchev–Trinajstić information content (AvgIpc) is 2.15. The lowest BCUT2D eigenvalue weighted by atomic mass is 10.0. The van der Waals surface area contributed by atoms with Crippen LogP contribution < -0.4 is 5.32 Å². The minimum absolute atomic E-state index is 0.215. The average molecular weight is 295 g/mol. The van der Waals surface area contributed by atoms with Gasteiger partial charge in [-0.2, -0.15) is 0 Å². The summed E-state index contributed by atoms with van der Waals surface area (Å²) in [5, 5.41) is 3.25. The molecule has 1 aromatic rings. The molecule has 0 spiro atoms. The van der Waals surface area contributed by atoms with Crippen LogP contribution in [-0.4, -0.2) is 16.8 Å². The number of alkyl halides is 1. The Bertz CT molecular complexity index is 410. The van der Waals surface area contributed by atoms with Crippen LogP contribution in [0, 0.1) is 0 Å². The predicted octanol–water partition coefficient (Wildman–Crippen LogP) is 4.13. The molecule has 5 heteroatoms. The lowest BCUT2D eigenvalue weighted by molar-refractivity contribution is 0.0913. The van der Waals surface area contributed by atoms with E-state index in [4.69, 9.17) is 34.8 Å². The lowest BCUT2D eigenvalue weighted by Crippen LogP contribution is -2.49. The monoisotopic (exact) mass is 293 g/mol. The number of amides is 1. The molecule has 1 unspecified atom stereocenters. The van der Waals surface area contributed by atoms with Crippen LogP contribution in [0.1, 0.15) is 31.1 Å². The fourth-order valence-electron chi connectivity index (χ4n) is 1.17. The van der Waals surface area contributed by atoms with Gasteiger partial charge in [0.25, 0.3) is 5.91 Å². The van der Waals surface area contributed by atoms with Crippen LogP contribution in [0.5, 0.6) is 0 Å². The Kier molecular flexibility index (Phi) is 4.70. The van der Waals surface area contributed by atoms with Gasteiger partial charge in [-0.1, -0.05) is 29.3 Å². The topological polar surface area (TPSA) is 29.1 Å². The van der Waals surface area contributed by atoms with E-state index in [0.29, 0.717) is 10.0 Å². The van der Waals surface area contributed by atoms with E-state index in [9.17, 15) is 4.79 Å². The molecule has 1 atom stereocenters. The number of hydrogen-bond donors (Lipinski definition) is 1. The van der Waals surface area contributed by atoms with E-state index >= 15 is 0 Å². The Hall–Kier alpha value is -0.440. The van der Waals surface area contributed by atoms with E-state index < -0.39 is 5.54 Å². The van der Waals surface area contributed by atoms with Crippen molar-refractivity contribution in [1.82, 2.24) is 5.32 Å². The van der Waals surface area contributed by atoms with Gasteiger partial charge in [0.2, 0.25) is 0 Å². The first kappa shape index (κ1) is 14.6. The highest BCUT2D eigenvalue weighted by Crippen LogP contribution is 2.25. The molecule has 94 valence electrons. The van der Waals surface area contributed by atoms with Crippen LogP contribution in [0.15, 0.2) is 18.2 Å².